The molecule has 0 fully saturated rings. The van der Waals surface area contributed by atoms with Gasteiger partial charge in [0.1, 0.15) is 11.5 Å². The number of carbonyl (C=O) groups excluding carboxylic acids is 5. The Morgan fingerprint density at radius 2 is 1.06 bits per heavy atom. The highest BCUT2D eigenvalue weighted by Gasteiger charge is 2.41. The van der Waals surface area contributed by atoms with E-state index >= 15 is 0 Å². The predicted molar refractivity (Wildman–Crippen MR) is 112 cm³/mol. The number of hydrogen-bond donors (Lipinski definition) is 0. The normalized spacial score (nSPS) is 12.2. The van der Waals surface area contributed by atoms with Gasteiger partial charge in [-0.2, -0.15) is 0 Å². The number of carbonyl (C=O) groups is 5. The molecule has 1 aliphatic rings. The molecule has 0 radical (unpaired) electrons. The van der Waals surface area contributed by atoms with E-state index in [1.165, 1.54) is 24.3 Å². The highest BCUT2D eigenvalue weighted by Crippen LogP contribution is 2.28. The fourth-order valence-corrected chi connectivity index (χ4v) is 3.11. The van der Waals surface area contributed by atoms with Crippen molar-refractivity contribution in [3.63, 3.8) is 0 Å². The molecule has 9 heteroatoms. The second kappa shape index (κ2) is 8.75. The number of esters is 2. The van der Waals surface area contributed by atoms with Gasteiger partial charge in [-0.3, -0.25) is 9.59 Å². The lowest BCUT2D eigenvalue weighted by atomic mass is 9.99. The molecule has 1 heterocycles. The van der Waals surface area contributed by atoms with Crippen LogP contribution in [-0.4, -0.2) is 34.8 Å². The second-order valence-corrected chi connectivity index (χ2v) is 6.84. The van der Waals surface area contributed by atoms with E-state index < -0.39 is 29.7 Å². The number of hydrogen-bond acceptors (Lipinski definition) is 8. The summed E-state index contributed by atoms with van der Waals surface area (Å²) >= 11 is 0. The molecular formula is C24H15NO8. The van der Waals surface area contributed by atoms with Crippen molar-refractivity contribution in [3.8, 4) is 11.5 Å². The highest BCUT2D eigenvalue weighted by molar-refractivity contribution is 6.22. The summed E-state index contributed by atoms with van der Waals surface area (Å²) in [4.78, 5) is 67.0. The number of ether oxygens (including phenoxy) is 2. The van der Waals surface area contributed by atoms with E-state index in [9.17, 15) is 24.0 Å². The van der Waals surface area contributed by atoms with Crippen molar-refractivity contribution in [2.45, 2.75) is 6.92 Å². The Kier molecular flexibility index (Phi) is 5.69. The number of benzene rings is 3. The maximum Gasteiger partial charge on any atom is 0.344 e. The van der Waals surface area contributed by atoms with Crippen LogP contribution >= 0.6 is 0 Å². The summed E-state index contributed by atoms with van der Waals surface area (Å²) in [7, 11) is 0. The Balaban J connectivity index is 1.77. The average Bonchev–Trinajstić information content (AvgIpc) is 3.03. The standard InChI is InChI=1S/C24H15NO8/c1-14(26)33-25-21(27)17-12-19(23(29)31-15-8-4-2-5-9-15)20(13-18(17)22(25)28)24(30)32-16-10-6-3-7-11-16/h2-13H,1H3. The molecule has 9 nitrogen and oxygen atoms in total. The van der Waals surface area contributed by atoms with E-state index in [1.54, 1.807) is 36.4 Å². The summed E-state index contributed by atoms with van der Waals surface area (Å²) in [6.45, 7) is 1.02. The lowest BCUT2D eigenvalue weighted by Gasteiger charge is -2.11. The molecule has 0 atom stereocenters. The van der Waals surface area contributed by atoms with Crippen LogP contribution in [0.3, 0.4) is 0 Å². The van der Waals surface area contributed by atoms with Crippen LogP contribution < -0.4 is 9.47 Å². The quantitative estimate of drug-likeness (QED) is 0.334. The second-order valence-electron chi connectivity index (χ2n) is 6.84. The molecule has 0 aromatic heterocycles. The summed E-state index contributed by atoms with van der Waals surface area (Å²) in [5, 5.41) is 0.269. The van der Waals surface area contributed by atoms with E-state index in [0.717, 1.165) is 19.1 Å². The molecule has 0 saturated heterocycles. The van der Waals surface area contributed by atoms with Crippen LogP contribution in [0.2, 0.25) is 0 Å². The third-order valence-corrected chi connectivity index (χ3v) is 4.55. The monoisotopic (exact) mass is 445 g/mol. The van der Waals surface area contributed by atoms with Crippen LogP contribution in [0, 0.1) is 0 Å². The zero-order valence-corrected chi connectivity index (χ0v) is 17.1. The molecule has 0 saturated carbocycles. The Morgan fingerprint density at radius 3 is 1.42 bits per heavy atom. The maximum absolute atomic E-state index is 12.9. The maximum atomic E-state index is 12.9. The molecule has 4 rings (SSSR count). The van der Waals surface area contributed by atoms with Gasteiger partial charge in [0.15, 0.2) is 0 Å². The van der Waals surface area contributed by atoms with Gasteiger partial charge >= 0.3 is 17.9 Å². The van der Waals surface area contributed by atoms with E-state index in [2.05, 4.69) is 4.84 Å². The minimum Gasteiger partial charge on any atom is -0.423 e. The zero-order chi connectivity index (χ0) is 23.5. The number of fused-ring (bicyclic) bond motifs is 1. The molecular weight excluding hydrogens is 430 g/mol. The topological polar surface area (TPSA) is 116 Å². The van der Waals surface area contributed by atoms with Gasteiger partial charge < -0.3 is 14.3 Å². The third-order valence-electron chi connectivity index (χ3n) is 4.55. The predicted octanol–water partition coefficient (Wildman–Crippen LogP) is 3.20. The Morgan fingerprint density at radius 1 is 0.667 bits per heavy atom. The zero-order valence-electron chi connectivity index (χ0n) is 17.1. The molecule has 3 aromatic rings. The molecule has 0 bridgehead atoms. The number of rotatable bonds is 5. The number of hydroxylamine groups is 2. The largest absolute Gasteiger partial charge is 0.423 e. The summed E-state index contributed by atoms with van der Waals surface area (Å²) in [6.07, 6.45) is 0. The van der Waals surface area contributed by atoms with Gasteiger partial charge in [-0.15, -0.1) is 0 Å². The molecule has 3 aromatic carbocycles. The Labute approximate surface area is 187 Å². The molecule has 0 aliphatic carbocycles. The first kappa shape index (κ1) is 21.4. The smallest absolute Gasteiger partial charge is 0.344 e. The van der Waals surface area contributed by atoms with Crippen molar-refractivity contribution in [3.05, 3.63) is 95.1 Å². The lowest BCUT2D eigenvalue weighted by Crippen LogP contribution is -2.31. The van der Waals surface area contributed by atoms with Gasteiger partial charge in [0, 0.05) is 6.92 Å². The average molecular weight is 445 g/mol. The first-order chi connectivity index (χ1) is 15.8. The molecule has 1 aliphatic heterocycles. The molecule has 0 N–H and O–H groups in total. The lowest BCUT2D eigenvalue weighted by molar-refractivity contribution is -0.165. The number of para-hydroxylation sites is 2. The molecule has 164 valence electrons. The number of amides is 2. The third kappa shape index (κ3) is 4.33. The summed E-state index contributed by atoms with van der Waals surface area (Å²) in [6, 6.07) is 18.3. The molecule has 33 heavy (non-hydrogen) atoms. The van der Waals surface area contributed by atoms with Gasteiger partial charge in [-0.1, -0.05) is 41.5 Å². The summed E-state index contributed by atoms with van der Waals surface area (Å²) < 4.78 is 10.6. The van der Waals surface area contributed by atoms with Crippen LogP contribution in [0.1, 0.15) is 48.4 Å². The van der Waals surface area contributed by atoms with Crippen LogP contribution in [0.15, 0.2) is 72.8 Å². The van der Waals surface area contributed by atoms with Crippen LogP contribution in [-0.2, 0) is 9.63 Å². The van der Waals surface area contributed by atoms with Crippen molar-refractivity contribution in [1.82, 2.24) is 5.06 Å². The minimum atomic E-state index is -0.957. The molecule has 0 spiro atoms. The van der Waals surface area contributed by atoms with Crippen molar-refractivity contribution in [2.24, 2.45) is 0 Å². The van der Waals surface area contributed by atoms with E-state index in [4.69, 9.17) is 9.47 Å². The van der Waals surface area contributed by atoms with Gasteiger partial charge in [0.05, 0.1) is 22.3 Å². The van der Waals surface area contributed by atoms with Crippen molar-refractivity contribution < 1.29 is 38.3 Å². The van der Waals surface area contributed by atoms with Crippen LogP contribution in [0.25, 0.3) is 0 Å². The van der Waals surface area contributed by atoms with Crippen molar-refractivity contribution in [2.75, 3.05) is 0 Å². The van der Waals surface area contributed by atoms with Crippen LogP contribution in [0.5, 0.6) is 11.5 Å². The molecule has 2 amide bonds. The first-order valence-electron chi connectivity index (χ1n) is 9.65. The van der Waals surface area contributed by atoms with Crippen molar-refractivity contribution in [1.29, 1.82) is 0 Å². The highest BCUT2D eigenvalue weighted by atomic mass is 16.7. The van der Waals surface area contributed by atoms with Gasteiger partial charge in [-0.05, 0) is 36.4 Å². The minimum absolute atomic E-state index is 0.203. The van der Waals surface area contributed by atoms with Gasteiger partial charge in [0.2, 0.25) is 0 Å². The fourth-order valence-electron chi connectivity index (χ4n) is 3.11. The summed E-state index contributed by atoms with van der Waals surface area (Å²) in [5.74, 6) is -4.30. The van der Waals surface area contributed by atoms with Gasteiger partial charge in [-0.25, -0.2) is 14.4 Å². The Bertz CT molecular complexity index is 1190. The number of nitrogens with zero attached hydrogens (tertiary/aromatic N) is 1. The van der Waals surface area contributed by atoms with E-state index in [1.807, 2.05) is 0 Å². The van der Waals surface area contributed by atoms with Gasteiger partial charge in [0.25, 0.3) is 11.8 Å². The van der Waals surface area contributed by atoms with E-state index in [-0.39, 0.29) is 38.8 Å². The molecule has 0 unspecified atom stereocenters. The van der Waals surface area contributed by atoms with Crippen LogP contribution in [0.4, 0.5) is 0 Å². The SMILES string of the molecule is CC(=O)ON1C(=O)c2cc(C(=O)Oc3ccccc3)c(C(=O)Oc3ccccc3)cc2C1=O. The fraction of sp³-hybridized carbons (Fsp3) is 0.0417. The Hall–Kier alpha value is -4.79. The first-order valence-corrected chi connectivity index (χ1v) is 9.65. The van der Waals surface area contributed by atoms with E-state index in [0.29, 0.717) is 0 Å². The number of imide groups is 1. The summed E-state index contributed by atoms with van der Waals surface area (Å²) in [5.41, 5.74) is -1.05. The van der Waals surface area contributed by atoms with Crippen molar-refractivity contribution >= 4 is 29.7 Å².